The molecule has 0 aromatic heterocycles. The Morgan fingerprint density at radius 3 is 1.10 bits per heavy atom. The van der Waals surface area contributed by atoms with Crippen molar-refractivity contribution in [2.75, 3.05) is 0 Å². The third kappa shape index (κ3) is 3.74. The molecule has 0 spiro atoms. The van der Waals surface area contributed by atoms with Crippen molar-refractivity contribution in [1.82, 2.24) is 0 Å². The topological polar surface area (TPSA) is 54.4 Å². The normalized spacial score (nSPS) is 11.8. The van der Waals surface area contributed by atoms with E-state index in [0.717, 1.165) is 0 Å². The van der Waals surface area contributed by atoms with E-state index in [0.29, 0.717) is 0 Å². The molecule has 114 valence electrons. The first kappa shape index (κ1) is 17.9. The Morgan fingerprint density at radius 1 is 0.762 bits per heavy atom. The number of rotatable bonds is 0. The maximum absolute atomic E-state index is 10.7. The molecule has 8 heteroatoms. The van der Waals surface area contributed by atoms with Gasteiger partial charge in [0.1, 0.15) is 0 Å². The van der Waals surface area contributed by atoms with E-state index in [9.17, 15) is 13.2 Å². The number of alkyl halides is 3. The minimum absolute atomic E-state index is 0. The lowest BCUT2D eigenvalue weighted by Crippen LogP contribution is -2.21. The zero-order valence-electron chi connectivity index (χ0n) is 10.3. The minimum Gasteiger partial charge on any atom is -0.279 e. The highest BCUT2D eigenvalue weighted by Gasteiger charge is 2.44. The Labute approximate surface area is 136 Å². The summed E-state index contributed by atoms with van der Waals surface area (Å²) in [5.41, 5.74) is 0.0508. The Hall–Kier alpha value is -1.13. The van der Waals surface area contributed by atoms with Crippen molar-refractivity contribution in [2.24, 2.45) is 0 Å². The average Bonchev–Trinajstić information content (AvgIpc) is 2.34. The van der Waals surface area contributed by atoms with Crippen molar-refractivity contribution in [1.29, 1.82) is 0 Å². The fourth-order valence-electron chi connectivity index (χ4n) is 1.84. The van der Waals surface area contributed by atoms with Gasteiger partial charge in [-0.2, -0.15) is 21.6 Å². The molecule has 2 aromatic carbocycles. The number of hydrogen-bond acceptors (Lipinski definition) is 2. The molecule has 0 bridgehead atoms. The highest BCUT2D eigenvalue weighted by Crippen LogP contribution is 2.46. The van der Waals surface area contributed by atoms with E-state index < -0.39 is 15.6 Å². The Bertz CT molecular complexity index is 642. The molecule has 1 aliphatic carbocycles. The molecule has 21 heavy (non-hydrogen) atoms. The van der Waals surface area contributed by atoms with Crippen molar-refractivity contribution < 1.29 is 26.1 Å². The molecule has 0 heterocycles. The van der Waals surface area contributed by atoms with E-state index >= 15 is 0 Å². The lowest BCUT2D eigenvalue weighted by Gasteiger charge is -2.22. The van der Waals surface area contributed by atoms with E-state index in [1.807, 2.05) is 0 Å². The number of hydrogen-bond donors (Lipinski definition) is 1. The predicted octanol–water partition coefficient (Wildman–Crippen LogP) is 4.35. The molecule has 0 saturated carbocycles. The van der Waals surface area contributed by atoms with Gasteiger partial charge in [0.15, 0.2) is 0 Å². The molecule has 0 amide bonds. The number of halogens is 4. The van der Waals surface area contributed by atoms with E-state index in [4.69, 9.17) is 13.0 Å². The van der Waals surface area contributed by atoms with Gasteiger partial charge in [-0.05, 0) is 22.3 Å². The number of benzene rings is 2. The van der Waals surface area contributed by atoms with Crippen molar-refractivity contribution >= 4 is 34.1 Å². The smallest absolute Gasteiger partial charge is 0.279 e. The van der Waals surface area contributed by atoms with Gasteiger partial charge in [-0.3, -0.25) is 4.55 Å². The molecule has 0 aliphatic heterocycles. The molecular formula is C13H10F3IO3S. The molecular weight excluding hydrogens is 420 g/mol. The molecule has 3 nitrogen and oxygen atoms in total. The van der Waals surface area contributed by atoms with E-state index in [2.05, 4.69) is 48.5 Å². The standard InChI is InChI=1S/C12H8.CHF3O3S.HI/c1-2-6-10-9(5-1)11-7-3-4-8-12(10)11;2-1(3,4)8(5,6)7;/h1-8H;(H,5,6,7);1H. The molecule has 0 fully saturated rings. The Balaban J connectivity index is 0.000000220. The summed E-state index contributed by atoms with van der Waals surface area (Å²) in [5.74, 6) is 0. The zero-order valence-corrected chi connectivity index (χ0v) is 13.5. The van der Waals surface area contributed by atoms with Gasteiger partial charge in [-0.1, -0.05) is 48.5 Å². The fourth-order valence-corrected chi connectivity index (χ4v) is 1.84. The second kappa shape index (κ2) is 6.32. The van der Waals surface area contributed by atoms with Crippen LogP contribution in [-0.4, -0.2) is 18.5 Å². The molecule has 0 unspecified atom stereocenters. The summed E-state index contributed by atoms with van der Waals surface area (Å²) in [6, 6.07) is 17.1. The van der Waals surface area contributed by atoms with Crippen LogP contribution in [0.3, 0.4) is 0 Å². The molecule has 1 N–H and O–H groups in total. The quantitative estimate of drug-likeness (QED) is 0.328. The molecule has 0 radical (unpaired) electrons. The van der Waals surface area contributed by atoms with E-state index in [1.165, 1.54) is 22.3 Å². The molecule has 0 saturated heterocycles. The Morgan fingerprint density at radius 2 is 0.952 bits per heavy atom. The van der Waals surface area contributed by atoms with Crippen LogP contribution in [-0.2, 0) is 10.1 Å². The van der Waals surface area contributed by atoms with Crippen LogP contribution in [0.4, 0.5) is 13.2 Å². The SMILES string of the molecule is I.O=S(=O)(O)C(F)(F)F.c1ccc2c(c1)-c1ccccc1-2. The maximum Gasteiger partial charge on any atom is 0.522 e. The van der Waals surface area contributed by atoms with Crippen LogP contribution in [0.5, 0.6) is 0 Å². The summed E-state index contributed by atoms with van der Waals surface area (Å²) >= 11 is 0. The van der Waals surface area contributed by atoms with E-state index in [-0.39, 0.29) is 24.0 Å². The summed E-state index contributed by atoms with van der Waals surface area (Å²) < 4.78 is 57.5. The van der Waals surface area contributed by atoms with Crippen LogP contribution in [0, 0.1) is 0 Å². The molecule has 0 atom stereocenters. The maximum atomic E-state index is 10.7. The lowest BCUT2D eigenvalue weighted by atomic mass is 9.81. The summed E-state index contributed by atoms with van der Waals surface area (Å²) in [7, 11) is -5.84. The van der Waals surface area contributed by atoms with Gasteiger partial charge in [0, 0.05) is 0 Å². The molecule has 2 aromatic rings. The van der Waals surface area contributed by atoms with Crippen molar-refractivity contribution in [2.45, 2.75) is 5.51 Å². The van der Waals surface area contributed by atoms with Crippen LogP contribution >= 0.6 is 24.0 Å². The first-order chi connectivity index (χ1) is 9.22. The summed E-state index contributed by atoms with van der Waals surface area (Å²) in [6.07, 6.45) is 0. The summed E-state index contributed by atoms with van der Waals surface area (Å²) in [6.45, 7) is 0. The van der Waals surface area contributed by atoms with Gasteiger partial charge in [0.25, 0.3) is 0 Å². The second-order valence-corrected chi connectivity index (χ2v) is 5.43. The van der Waals surface area contributed by atoms with Gasteiger partial charge in [-0.15, -0.1) is 24.0 Å². The lowest BCUT2D eigenvalue weighted by molar-refractivity contribution is -0.0510. The minimum atomic E-state index is -5.84. The van der Waals surface area contributed by atoms with Crippen LogP contribution < -0.4 is 0 Å². The molecule has 1 aliphatic rings. The second-order valence-electron chi connectivity index (χ2n) is 4.01. The fraction of sp³-hybridized carbons (Fsp3) is 0.0769. The highest BCUT2D eigenvalue weighted by atomic mass is 127. The first-order valence-electron chi connectivity index (χ1n) is 5.44. The van der Waals surface area contributed by atoms with Gasteiger partial charge in [-0.25, -0.2) is 0 Å². The van der Waals surface area contributed by atoms with Gasteiger partial charge in [0.2, 0.25) is 0 Å². The van der Waals surface area contributed by atoms with Crippen LogP contribution in [0.2, 0.25) is 0 Å². The van der Waals surface area contributed by atoms with Gasteiger partial charge in [0.05, 0.1) is 0 Å². The van der Waals surface area contributed by atoms with Crippen molar-refractivity contribution in [3.63, 3.8) is 0 Å². The number of fused-ring (bicyclic) bond motifs is 4. The summed E-state index contributed by atoms with van der Waals surface area (Å²) in [5, 5.41) is 0. The largest absolute Gasteiger partial charge is 0.522 e. The van der Waals surface area contributed by atoms with Gasteiger partial charge < -0.3 is 0 Å². The van der Waals surface area contributed by atoms with Crippen LogP contribution in [0.15, 0.2) is 48.5 Å². The van der Waals surface area contributed by atoms with Gasteiger partial charge >= 0.3 is 15.6 Å². The monoisotopic (exact) mass is 430 g/mol. The third-order valence-corrected chi connectivity index (χ3v) is 3.31. The summed E-state index contributed by atoms with van der Waals surface area (Å²) in [4.78, 5) is 0. The molecule has 3 rings (SSSR count). The van der Waals surface area contributed by atoms with Crippen LogP contribution in [0.1, 0.15) is 0 Å². The van der Waals surface area contributed by atoms with E-state index in [1.54, 1.807) is 0 Å². The highest BCUT2D eigenvalue weighted by molar-refractivity contribution is 14.0. The predicted molar refractivity (Wildman–Crippen MR) is 83.9 cm³/mol. The average molecular weight is 430 g/mol. The van der Waals surface area contributed by atoms with Crippen molar-refractivity contribution in [3.05, 3.63) is 48.5 Å². The van der Waals surface area contributed by atoms with Crippen LogP contribution in [0.25, 0.3) is 22.3 Å². The third-order valence-electron chi connectivity index (χ3n) is 2.73. The Kier molecular flexibility index (Phi) is 5.40. The first-order valence-corrected chi connectivity index (χ1v) is 6.88. The van der Waals surface area contributed by atoms with Crippen molar-refractivity contribution in [3.8, 4) is 22.3 Å². The zero-order chi connectivity index (χ0) is 15.0.